The molecule has 17 heavy (non-hydrogen) atoms. The maximum atomic E-state index is 11.8. The zero-order valence-corrected chi connectivity index (χ0v) is 10.7. The number of benzene rings is 1. The Morgan fingerprint density at radius 2 is 1.82 bits per heavy atom. The molecule has 1 aromatic carbocycles. The molecule has 1 rings (SSSR count). The summed E-state index contributed by atoms with van der Waals surface area (Å²) in [5.41, 5.74) is 7.25. The molecule has 0 bridgehead atoms. The summed E-state index contributed by atoms with van der Waals surface area (Å²) in [6.07, 6.45) is 2.20. The zero-order chi connectivity index (χ0) is 12.7. The van der Waals surface area contributed by atoms with Crippen molar-refractivity contribution < 1.29 is 4.79 Å². The lowest BCUT2D eigenvalue weighted by atomic mass is 10.0. The smallest absolute Gasteiger partial charge is 0.251 e. The van der Waals surface area contributed by atoms with Crippen molar-refractivity contribution in [1.29, 1.82) is 0 Å². The van der Waals surface area contributed by atoms with E-state index in [-0.39, 0.29) is 5.91 Å². The first-order valence-electron chi connectivity index (χ1n) is 6.28. The van der Waals surface area contributed by atoms with Crippen LogP contribution in [0.2, 0.25) is 0 Å². The van der Waals surface area contributed by atoms with Crippen molar-refractivity contribution in [1.82, 2.24) is 5.32 Å². The van der Waals surface area contributed by atoms with Gasteiger partial charge in [-0.25, -0.2) is 0 Å². The molecule has 3 heteroatoms. The van der Waals surface area contributed by atoms with Crippen LogP contribution in [0.15, 0.2) is 24.3 Å². The van der Waals surface area contributed by atoms with E-state index in [0.717, 1.165) is 24.9 Å². The predicted octanol–water partition coefficient (Wildman–Crippen LogP) is 2.31. The van der Waals surface area contributed by atoms with Gasteiger partial charge >= 0.3 is 0 Å². The van der Waals surface area contributed by atoms with Gasteiger partial charge in [-0.2, -0.15) is 0 Å². The lowest BCUT2D eigenvalue weighted by molar-refractivity contribution is 0.0946. The van der Waals surface area contributed by atoms with Gasteiger partial charge in [0.1, 0.15) is 0 Å². The number of nitrogens with two attached hydrogens (primary N) is 1. The van der Waals surface area contributed by atoms with Gasteiger partial charge in [0.05, 0.1) is 0 Å². The topological polar surface area (TPSA) is 55.1 Å². The summed E-state index contributed by atoms with van der Waals surface area (Å²) in [5, 5.41) is 2.97. The van der Waals surface area contributed by atoms with E-state index in [2.05, 4.69) is 19.2 Å². The fraction of sp³-hybridized carbons (Fsp3) is 0.500. The first kappa shape index (κ1) is 13.7. The van der Waals surface area contributed by atoms with Gasteiger partial charge in [0, 0.05) is 18.7 Å². The van der Waals surface area contributed by atoms with E-state index in [9.17, 15) is 4.79 Å². The fourth-order valence-electron chi connectivity index (χ4n) is 1.71. The van der Waals surface area contributed by atoms with Crippen LogP contribution >= 0.6 is 0 Å². The van der Waals surface area contributed by atoms with E-state index >= 15 is 0 Å². The molecule has 3 N–H and O–H groups in total. The number of hydrogen-bond donors (Lipinski definition) is 2. The molecule has 0 heterocycles. The molecule has 0 fully saturated rings. The second-order valence-corrected chi connectivity index (χ2v) is 4.29. The van der Waals surface area contributed by atoms with Crippen LogP contribution < -0.4 is 11.1 Å². The molecule has 0 unspecified atom stereocenters. The summed E-state index contributed by atoms with van der Waals surface area (Å²) in [6.45, 7) is 5.56. The maximum Gasteiger partial charge on any atom is 0.251 e. The average molecular weight is 234 g/mol. The van der Waals surface area contributed by atoms with Gasteiger partial charge in [-0.1, -0.05) is 38.8 Å². The Bertz CT molecular complexity index is 342. The van der Waals surface area contributed by atoms with Gasteiger partial charge in [-0.3, -0.25) is 4.79 Å². The summed E-state index contributed by atoms with van der Waals surface area (Å²) < 4.78 is 0. The lowest BCUT2D eigenvalue weighted by Gasteiger charge is -2.13. The van der Waals surface area contributed by atoms with Crippen LogP contribution in [0.25, 0.3) is 0 Å². The van der Waals surface area contributed by atoms with Crippen LogP contribution in [0.1, 0.15) is 42.6 Å². The largest absolute Gasteiger partial charge is 0.352 e. The van der Waals surface area contributed by atoms with Crippen LogP contribution in [-0.4, -0.2) is 12.5 Å². The number of amides is 1. The molecule has 1 aromatic rings. The van der Waals surface area contributed by atoms with Crippen molar-refractivity contribution in [2.24, 2.45) is 11.7 Å². The summed E-state index contributed by atoms with van der Waals surface area (Å²) in [6, 6.07) is 7.44. The quantitative estimate of drug-likeness (QED) is 0.793. The Labute approximate surface area is 103 Å². The van der Waals surface area contributed by atoms with Crippen LogP contribution in [0.3, 0.4) is 0 Å². The highest BCUT2D eigenvalue weighted by atomic mass is 16.1. The number of rotatable bonds is 6. The Balaban J connectivity index is 2.51. The van der Waals surface area contributed by atoms with Crippen LogP contribution in [-0.2, 0) is 6.54 Å². The molecule has 0 saturated carbocycles. The van der Waals surface area contributed by atoms with Crippen LogP contribution in [0.4, 0.5) is 0 Å². The molecule has 0 aliphatic rings. The molecular formula is C14H22N2O. The van der Waals surface area contributed by atoms with Gasteiger partial charge in [0.15, 0.2) is 0 Å². The first-order chi connectivity index (χ1) is 8.21. The van der Waals surface area contributed by atoms with Crippen molar-refractivity contribution in [2.45, 2.75) is 33.2 Å². The van der Waals surface area contributed by atoms with Crippen LogP contribution in [0.5, 0.6) is 0 Å². The highest BCUT2D eigenvalue weighted by molar-refractivity contribution is 5.94. The molecule has 0 spiro atoms. The Kier molecular flexibility index (Phi) is 5.70. The van der Waals surface area contributed by atoms with Gasteiger partial charge in [-0.05, 0) is 23.6 Å². The highest BCUT2D eigenvalue weighted by Gasteiger charge is 2.08. The molecule has 0 radical (unpaired) electrons. The third-order valence-electron chi connectivity index (χ3n) is 3.16. The Morgan fingerprint density at radius 3 is 2.29 bits per heavy atom. The molecule has 0 aromatic heterocycles. The first-order valence-corrected chi connectivity index (χ1v) is 6.28. The van der Waals surface area contributed by atoms with Crippen molar-refractivity contribution in [3.63, 3.8) is 0 Å². The fourth-order valence-corrected chi connectivity index (χ4v) is 1.71. The Morgan fingerprint density at radius 1 is 1.24 bits per heavy atom. The van der Waals surface area contributed by atoms with E-state index in [1.165, 1.54) is 0 Å². The minimum Gasteiger partial charge on any atom is -0.352 e. The summed E-state index contributed by atoms with van der Waals surface area (Å²) in [5.74, 6) is 0.572. The molecule has 0 aliphatic heterocycles. The highest BCUT2D eigenvalue weighted by Crippen LogP contribution is 2.07. The minimum absolute atomic E-state index is 0.000437. The van der Waals surface area contributed by atoms with Gasteiger partial charge in [0.25, 0.3) is 5.91 Å². The van der Waals surface area contributed by atoms with E-state index < -0.39 is 0 Å². The lowest BCUT2D eigenvalue weighted by Crippen LogP contribution is -2.28. The van der Waals surface area contributed by atoms with Crippen molar-refractivity contribution in [3.8, 4) is 0 Å². The van der Waals surface area contributed by atoms with Crippen LogP contribution in [0, 0.1) is 5.92 Å². The van der Waals surface area contributed by atoms with Crippen molar-refractivity contribution >= 4 is 5.91 Å². The Hall–Kier alpha value is -1.35. The molecule has 94 valence electrons. The SMILES string of the molecule is CCC(CC)CNC(=O)c1ccc(CN)cc1. The minimum atomic E-state index is 0.000437. The average Bonchev–Trinajstić information content (AvgIpc) is 2.39. The van der Waals surface area contributed by atoms with Crippen molar-refractivity contribution in [3.05, 3.63) is 35.4 Å². The molecule has 0 aliphatic carbocycles. The van der Waals surface area contributed by atoms with Gasteiger partial charge < -0.3 is 11.1 Å². The summed E-state index contributed by atoms with van der Waals surface area (Å²) in [7, 11) is 0. The number of hydrogen-bond acceptors (Lipinski definition) is 2. The normalized spacial score (nSPS) is 10.6. The van der Waals surface area contributed by atoms with E-state index in [1.807, 2.05) is 24.3 Å². The molecular weight excluding hydrogens is 212 g/mol. The summed E-state index contributed by atoms with van der Waals surface area (Å²) in [4.78, 5) is 11.8. The van der Waals surface area contributed by atoms with Crippen molar-refractivity contribution in [2.75, 3.05) is 6.54 Å². The number of nitrogens with one attached hydrogen (secondary N) is 1. The third-order valence-corrected chi connectivity index (χ3v) is 3.16. The molecule has 3 nitrogen and oxygen atoms in total. The van der Waals surface area contributed by atoms with Gasteiger partial charge in [-0.15, -0.1) is 0 Å². The summed E-state index contributed by atoms with van der Waals surface area (Å²) >= 11 is 0. The monoisotopic (exact) mass is 234 g/mol. The van der Waals surface area contributed by atoms with E-state index in [4.69, 9.17) is 5.73 Å². The second kappa shape index (κ2) is 7.07. The maximum absolute atomic E-state index is 11.8. The predicted molar refractivity (Wildman–Crippen MR) is 70.7 cm³/mol. The number of carbonyl (C=O) groups excluding carboxylic acids is 1. The molecule has 1 amide bonds. The second-order valence-electron chi connectivity index (χ2n) is 4.29. The standard InChI is InChI=1S/C14H22N2O/c1-3-11(4-2)10-16-14(17)13-7-5-12(9-15)6-8-13/h5-8,11H,3-4,9-10,15H2,1-2H3,(H,16,17). The van der Waals surface area contributed by atoms with E-state index in [1.54, 1.807) is 0 Å². The zero-order valence-electron chi connectivity index (χ0n) is 10.7. The number of carbonyl (C=O) groups is 1. The van der Waals surface area contributed by atoms with E-state index in [0.29, 0.717) is 18.0 Å². The molecule has 0 saturated heterocycles. The van der Waals surface area contributed by atoms with Gasteiger partial charge in [0.2, 0.25) is 0 Å². The third kappa shape index (κ3) is 4.19. The molecule has 0 atom stereocenters.